The lowest BCUT2D eigenvalue weighted by Gasteiger charge is -2.42. The molecule has 0 aromatic rings. The highest BCUT2D eigenvalue weighted by molar-refractivity contribution is 5.84. The van der Waals surface area contributed by atoms with E-state index in [-0.39, 0.29) is 23.7 Å². The highest BCUT2D eigenvalue weighted by Gasteiger charge is 2.62. The molecule has 0 bridgehead atoms. The Hall–Kier alpha value is -1.92. The van der Waals surface area contributed by atoms with Crippen molar-refractivity contribution in [3.8, 4) is 0 Å². The van der Waals surface area contributed by atoms with E-state index in [1.165, 1.54) is 0 Å². The van der Waals surface area contributed by atoms with Crippen LogP contribution in [0.1, 0.15) is 60.8 Å². The van der Waals surface area contributed by atoms with Gasteiger partial charge in [-0.3, -0.25) is 4.79 Å². The largest absolute Gasteiger partial charge is 0.456 e. The van der Waals surface area contributed by atoms with E-state index in [9.17, 15) is 14.7 Å². The van der Waals surface area contributed by atoms with Crippen LogP contribution >= 0.6 is 0 Å². The number of aliphatic hydroxyl groups is 1. The van der Waals surface area contributed by atoms with Gasteiger partial charge in [0.05, 0.1) is 12.0 Å². The molecule has 3 heterocycles. The summed E-state index contributed by atoms with van der Waals surface area (Å²) in [7, 11) is 0. The maximum absolute atomic E-state index is 12.6. The minimum absolute atomic E-state index is 0.0566. The molecule has 1 N–H and O–H groups in total. The zero-order valence-corrected chi connectivity index (χ0v) is 18.7. The standard InChI is InChI=1S/C24H32O6/c1-12(2)15-11-17(25)29-23(5)10-9-14(4)20-18-19(22(26)28-20)24(6,27)30-21(18)13(3)7-8-16(15)23/h7,11-12,16,18-19,21,27H,8-10H2,1-6H3. The second-order valence-electron chi connectivity index (χ2n) is 9.93. The van der Waals surface area contributed by atoms with Crippen molar-refractivity contribution >= 4 is 11.9 Å². The van der Waals surface area contributed by atoms with E-state index >= 15 is 0 Å². The molecule has 0 saturated carbocycles. The summed E-state index contributed by atoms with van der Waals surface area (Å²) in [6.07, 6.45) is 5.29. The fraction of sp³-hybridized carbons (Fsp3) is 0.667. The van der Waals surface area contributed by atoms with Gasteiger partial charge in [-0.25, -0.2) is 4.79 Å². The molecule has 4 aliphatic rings. The van der Waals surface area contributed by atoms with Crippen LogP contribution in [-0.4, -0.2) is 34.5 Å². The van der Waals surface area contributed by atoms with Crippen LogP contribution in [0.15, 0.2) is 34.6 Å². The molecule has 6 heteroatoms. The van der Waals surface area contributed by atoms with Crippen molar-refractivity contribution in [1.82, 2.24) is 0 Å². The molecule has 6 unspecified atom stereocenters. The van der Waals surface area contributed by atoms with E-state index in [1.807, 2.05) is 20.8 Å². The molecule has 6 atom stereocenters. The second kappa shape index (κ2) is 7.06. The number of carbonyl (C=O) groups excluding carboxylic acids is 2. The highest BCUT2D eigenvalue weighted by Crippen LogP contribution is 2.52. The van der Waals surface area contributed by atoms with Crippen molar-refractivity contribution in [3.63, 3.8) is 0 Å². The highest BCUT2D eigenvalue weighted by atomic mass is 16.6. The van der Waals surface area contributed by atoms with Gasteiger partial charge in [0.15, 0.2) is 5.79 Å². The third-order valence-electron chi connectivity index (χ3n) is 7.36. The number of allylic oxidation sites excluding steroid dienone is 2. The summed E-state index contributed by atoms with van der Waals surface area (Å²) in [6.45, 7) is 11.7. The van der Waals surface area contributed by atoms with Crippen LogP contribution in [-0.2, 0) is 23.8 Å². The fourth-order valence-electron chi connectivity index (χ4n) is 5.63. The monoisotopic (exact) mass is 416 g/mol. The van der Waals surface area contributed by atoms with E-state index in [0.717, 1.165) is 16.7 Å². The fourth-order valence-corrected chi connectivity index (χ4v) is 5.63. The van der Waals surface area contributed by atoms with E-state index in [1.54, 1.807) is 13.0 Å². The van der Waals surface area contributed by atoms with Crippen molar-refractivity contribution < 1.29 is 28.9 Å². The van der Waals surface area contributed by atoms with Gasteiger partial charge in [0.2, 0.25) is 0 Å². The van der Waals surface area contributed by atoms with Gasteiger partial charge in [0.1, 0.15) is 17.3 Å². The number of fused-ring (bicyclic) bond motifs is 1. The average Bonchev–Trinajstić information content (AvgIpc) is 3.13. The number of hydrogen-bond donors (Lipinski definition) is 1. The Bertz CT molecular complexity index is 876. The second-order valence-corrected chi connectivity index (χ2v) is 9.93. The summed E-state index contributed by atoms with van der Waals surface area (Å²) in [5.74, 6) is -2.48. The molecule has 3 aliphatic heterocycles. The molecule has 0 aromatic heterocycles. The van der Waals surface area contributed by atoms with Crippen LogP contribution in [0.5, 0.6) is 0 Å². The lowest BCUT2D eigenvalue weighted by Crippen LogP contribution is -2.44. The van der Waals surface area contributed by atoms with Crippen molar-refractivity contribution in [2.75, 3.05) is 0 Å². The number of esters is 2. The zero-order valence-electron chi connectivity index (χ0n) is 18.7. The Morgan fingerprint density at radius 1 is 1.20 bits per heavy atom. The summed E-state index contributed by atoms with van der Waals surface area (Å²) in [5, 5.41) is 10.8. The van der Waals surface area contributed by atoms with Crippen LogP contribution < -0.4 is 0 Å². The predicted octanol–water partition coefficient (Wildman–Crippen LogP) is 3.80. The van der Waals surface area contributed by atoms with Crippen molar-refractivity contribution in [1.29, 1.82) is 0 Å². The predicted molar refractivity (Wildman–Crippen MR) is 110 cm³/mol. The molecule has 0 aromatic carbocycles. The molecule has 4 rings (SSSR count). The average molecular weight is 417 g/mol. The first-order chi connectivity index (χ1) is 13.9. The molecule has 2 saturated heterocycles. The lowest BCUT2D eigenvalue weighted by atomic mass is 9.72. The summed E-state index contributed by atoms with van der Waals surface area (Å²) < 4.78 is 17.6. The number of rotatable bonds is 1. The van der Waals surface area contributed by atoms with Crippen LogP contribution in [0, 0.1) is 23.7 Å². The van der Waals surface area contributed by atoms with E-state index in [0.29, 0.717) is 25.0 Å². The maximum atomic E-state index is 12.6. The van der Waals surface area contributed by atoms with Crippen molar-refractivity contribution in [3.05, 3.63) is 34.6 Å². The van der Waals surface area contributed by atoms with Gasteiger partial charge in [-0.15, -0.1) is 0 Å². The first kappa shape index (κ1) is 21.3. The Morgan fingerprint density at radius 2 is 1.90 bits per heavy atom. The van der Waals surface area contributed by atoms with Gasteiger partial charge in [-0.05, 0) is 64.0 Å². The molecule has 1 aliphatic carbocycles. The summed E-state index contributed by atoms with van der Waals surface area (Å²) in [5.41, 5.74) is 2.35. The van der Waals surface area contributed by atoms with E-state index < -0.39 is 29.4 Å². The SMILES string of the molecule is CC1=CCC2C(C(C)C)=CC(=O)OC2(C)CCC(C)=C2OC(=O)C3C2C1OC3(C)O. The molecule has 30 heavy (non-hydrogen) atoms. The summed E-state index contributed by atoms with van der Waals surface area (Å²) >= 11 is 0. The Balaban J connectivity index is 1.81. The molecule has 6 nitrogen and oxygen atoms in total. The number of carbonyl (C=O) groups is 2. The topological polar surface area (TPSA) is 82.1 Å². The zero-order chi connectivity index (χ0) is 22.0. The quantitative estimate of drug-likeness (QED) is 0.517. The number of hydrogen-bond acceptors (Lipinski definition) is 6. The first-order valence-electron chi connectivity index (χ1n) is 10.9. The smallest absolute Gasteiger partial charge is 0.331 e. The van der Waals surface area contributed by atoms with E-state index in [2.05, 4.69) is 19.9 Å². The molecular formula is C24H32O6. The molecule has 2 fully saturated rings. The Labute approximate surface area is 177 Å². The van der Waals surface area contributed by atoms with Crippen LogP contribution in [0.25, 0.3) is 0 Å². The number of ether oxygens (including phenoxy) is 3. The van der Waals surface area contributed by atoms with Gasteiger partial charge in [0.25, 0.3) is 0 Å². The minimum Gasteiger partial charge on any atom is -0.456 e. The van der Waals surface area contributed by atoms with Gasteiger partial charge >= 0.3 is 11.9 Å². The third kappa shape index (κ3) is 3.25. The van der Waals surface area contributed by atoms with Gasteiger partial charge in [-0.2, -0.15) is 0 Å². The van der Waals surface area contributed by atoms with Crippen LogP contribution in [0.4, 0.5) is 0 Å². The summed E-state index contributed by atoms with van der Waals surface area (Å²) in [6, 6.07) is 0. The lowest BCUT2D eigenvalue weighted by molar-refractivity contribution is -0.201. The first-order valence-corrected chi connectivity index (χ1v) is 10.9. The molecule has 0 radical (unpaired) electrons. The van der Waals surface area contributed by atoms with Gasteiger partial charge < -0.3 is 19.3 Å². The van der Waals surface area contributed by atoms with E-state index in [4.69, 9.17) is 14.2 Å². The molecular weight excluding hydrogens is 384 g/mol. The minimum atomic E-state index is -1.56. The van der Waals surface area contributed by atoms with Crippen LogP contribution in [0.3, 0.4) is 0 Å². The Kier molecular flexibility index (Phi) is 5.02. The molecule has 164 valence electrons. The molecule has 0 amide bonds. The van der Waals surface area contributed by atoms with Crippen LogP contribution in [0.2, 0.25) is 0 Å². The maximum Gasteiger partial charge on any atom is 0.331 e. The third-order valence-corrected chi connectivity index (χ3v) is 7.36. The summed E-state index contributed by atoms with van der Waals surface area (Å²) in [4.78, 5) is 25.0. The molecule has 0 spiro atoms. The van der Waals surface area contributed by atoms with Crippen molar-refractivity contribution in [2.45, 2.75) is 78.3 Å². The van der Waals surface area contributed by atoms with Gasteiger partial charge in [-0.1, -0.05) is 25.5 Å². The normalized spacial score (nSPS) is 41.5. The van der Waals surface area contributed by atoms with Crippen molar-refractivity contribution in [2.24, 2.45) is 23.7 Å². The Morgan fingerprint density at radius 3 is 2.57 bits per heavy atom. The van der Waals surface area contributed by atoms with Gasteiger partial charge in [0, 0.05) is 12.0 Å².